The molecule has 0 spiro atoms. The molecule has 0 amide bonds. The van der Waals surface area contributed by atoms with Crippen molar-refractivity contribution in [2.45, 2.75) is 38.4 Å². The fourth-order valence-corrected chi connectivity index (χ4v) is 3.95. The van der Waals surface area contributed by atoms with E-state index in [0.717, 1.165) is 56.6 Å². The molecule has 1 aliphatic heterocycles. The summed E-state index contributed by atoms with van der Waals surface area (Å²) in [5, 5.41) is 9.05. The molecule has 2 aromatic rings. The molecule has 0 aromatic heterocycles. The number of nitriles is 1. The van der Waals surface area contributed by atoms with Crippen molar-refractivity contribution in [2.24, 2.45) is 0 Å². The second-order valence-electron chi connectivity index (χ2n) is 7.51. The first-order valence-electron chi connectivity index (χ1n) is 10.3. The van der Waals surface area contributed by atoms with Gasteiger partial charge in [0.05, 0.1) is 31.5 Å². The maximum Gasteiger partial charge on any atom is 0.119 e. The molecular weight excluding hydrogens is 360 g/mol. The van der Waals surface area contributed by atoms with Crippen LogP contribution in [0.4, 0.5) is 0 Å². The monoisotopic (exact) mass is 390 g/mol. The van der Waals surface area contributed by atoms with Gasteiger partial charge in [-0.3, -0.25) is 4.90 Å². The van der Waals surface area contributed by atoms with Gasteiger partial charge < -0.3 is 9.47 Å². The SMILES string of the molecule is C=CCN(CCCc1cccc(OC)c1)CCCC1OCc2cc(C#N)ccc21. The Morgan fingerprint density at radius 1 is 1.24 bits per heavy atom. The minimum Gasteiger partial charge on any atom is -0.497 e. The van der Waals surface area contributed by atoms with E-state index in [9.17, 15) is 0 Å². The van der Waals surface area contributed by atoms with Gasteiger partial charge in [0.2, 0.25) is 0 Å². The Labute approximate surface area is 174 Å². The van der Waals surface area contributed by atoms with Gasteiger partial charge >= 0.3 is 0 Å². The van der Waals surface area contributed by atoms with E-state index < -0.39 is 0 Å². The van der Waals surface area contributed by atoms with Gasteiger partial charge in [0.1, 0.15) is 5.75 Å². The zero-order valence-corrected chi connectivity index (χ0v) is 17.3. The van der Waals surface area contributed by atoms with Crippen molar-refractivity contribution >= 4 is 0 Å². The lowest BCUT2D eigenvalue weighted by molar-refractivity contribution is 0.0565. The van der Waals surface area contributed by atoms with E-state index >= 15 is 0 Å². The minimum absolute atomic E-state index is 0.153. The van der Waals surface area contributed by atoms with E-state index in [1.54, 1.807) is 7.11 Å². The normalized spacial score (nSPS) is 15.1. The van der Waals surface area contributed by atoms with E-state index in [0.29, 0.717) is 12.2 Å². The van der Waals surface area contributed by atoms with Crippen LogP contribution in [0.2, 0.25) is 0 Å². The third-order valence-corrected chi connectivity index (χ3v) is 5.46. The standard InChI is InChI=1S/C25H30N2O2/c1-3-13-27(14-5-8-20-7-4-9-23(17-20)28-2)15-6-10-25-24-12-11-21(18-26)16-22(24)19-29-25/h3-4,7,9,11-12,16-17,25H,1,5-6,8,10,13-15,19H2,2H3. The van der Waals surface area contributed by atoms with Gasteiger partial charge in [-0.05, 0) is 79.7 Å². The predicted molar refractivity (Wildman–Crippen MR) is 116 cm³/mol. The minimum atomic E-state index is 0.153. The van der Waals surface area contributed by atoms with Crippen molar-refractivity contribution in [1.82, 2.24) is 4.90 Å². The molecule has 4 heteroatoms. The lowest BCUT2D eigenvalue weighted by Crippen LogP contribution is -2.26. The van der Waals surface area contributed by atoms with Crippen LogP contribution in [0.25, 0.3) is 0 Å². The van der Waals surface area contributed by atoms with Gasteiger partial charge in [-0.1, -0.05) is 24.3 Å². The molecule has 1 aliphatic rings. The number of ether oxygens (including phenoxy) is 2. The second-order valence-corrected chi connectivity index (χ2v) is 7.51. The lowest BCUT2D eigenvalue weighted by Gasteiger charge is -2.21. The van der Waals surface area contributed by atoms with E-state index in [2.05, 4.69) is 41.8 Å². The summed E-state index contributed by atoms with van der Waals surface area (Å²) in [4.78, 5) is 2.46. The molecule has 1 atom stereocenters. The van der Waals surface area contributed by atoms with Crippen molar-refractivity contribution in [3.63, 3.8) is 0 Å². The summed E-state index contributed by atoms with van der Waals surface area (Å²) in [5.41, 5.74) is 4.43. The third kappa shape index (κ3) is 5.93. The van der Waals surface area contributed by atoms with Crippen molar-refractivity contribution in [3.05, 3.63) is 77.4 Å². The highest BCUT2D eigenvalue weighted by atomic mass is 16.5. The molecule has 0 saturated heterocycles. The van der Waals surface area contributed by atoms with Crippen LogP contribution in [0, 0.1) is 11.3 Å². The predicted octanol–water partition coefficient (Wildman–Crippen LogP) is 5.04. The first-order valence-corrected chi connectivity index (χ1v) is 10.3. The van der Waals surface area contributed by atoms with Crippen LogP contribution in [0.15, 0.2) is 55.1 Å². The average Bonchev–Trinajstić information content (AvgIpc) is 3.16. The molecule has 1 unspecified atom stereocenters. The first kappa shape index (κ1) is 21.1. The van der Waals surface area contributed by atoms with Crippen LogP contribution in [0.3, 0.4) is 0 Å². The topological polar surface area (TPSA) is 45.5 Å². The van der Waals surface area contributed by atoms with Crippen LogP contribution in [0.1, 0.15) is 47.6 Å². The zero-order chi connectivity index (χ0) is 20.5. The van der Waals surface area contributed by atoms with Gasteiger partial charge in [0.15, 0.2) is 0 Å². The maximum absolute atomic E-state index is 9.05. The van der Waals surface area contributed by atoms with Crippen molar-refractivity contribution in [3.8, 4) is 11.8 Å². The fourth-order valence-electron chi connectivity index (χ4n) is 3.95. The molecule has 29 heavy (non-hydrogen) atoms. The summed E-state index contributed by atoms with van der Waals surface area (Å²) in [6.45, 7) is 7.53. The van der Waals surface area contributed by atoms with Crippen LogP contribution >= 0.6 is 0 Å². The number of hydrogen-bond donors (Lipinski definition) is 0. The van der Waals surface area contributed by atoms with E-state index in [-0.39, 0.29) is 6.10 Å². The number of nitrogens with zero attached hydrogens (tertiary/aromatic N) is 2. The molecule has 4 nitrogen and oxygen atoms in total. The second kappa shape index (κ2) is 10.8. The highest BCUT2D eigenvalue weighted by Gasteiger charge is 2.23. The molecule has 0 aliphatic carbocycles. The number of hydrogen-bond acceptors (Lipinski definition) is 4. The Hall–Kier alpha value is -2.61. The fraction of sp³-hybridized carbons (Fsp3) is 0.400. The highest BCUT2D eigenvalue weighted by Crippen LogP contribution is 2.34. The Morgan fingerprint density at radius 3 is 2.90 bits per heavy atom. The third-order valence-electron chi connectivity index (χ3n) is 5.46. The van der Waals surface area contributed by atoms with Gasteiger partial charge in [-0.25, -0.2) is 0 Å². The number of methoxy groups -OCH3 is 1. The van der Waals surface area contributed by atoms with E-state index in [4.69, 9.17) is 14.7 Å². The van der Waals surface area contributed by atoms with E-state index in [1.807, 2.05) is 24.3 Å². The van der Waals surface area contributed by atoms with Gasteiger partial charge in [0.25, 0.3) is 0 Å². The summed E-state index contributed by atoms with van der Waals surface area (Å²) in [5.74, 6) is 0.921. The summed E-state index contributed by atoms with van der Waals surface area (Å²) in [6.07, 6.45) is 6.38. The Balaban J connectivity index is 1.44. The zero-order valence-electron chi connectivity index (χ0n) is 17.3. The summed E-state index contributed by atoms with van der Waals surface area (Å²) in [7, 11) is 1.71. The number of aryl methyl sites for hydroxylation is 1. The number of fused-ring (bicyclic) bond motifs is 1. The highest BCUT2D eigenvalue weighted by molar-refractivity contribution is 5.40. The molecule has 0 fully saturated rings. The van der Waals surface area contributed by atoms with Gasteiger partial charge in [0, 0.05) is 6.54 Å². The molecule has 1 heterocycles. The molecule has 0 bridgehead atoms. The van der Waals surface area contributed by atoms with Crippen molar-refractivity contribution < 1.29 is 9.47 Å². The van der Waals surface area contributed by atoms with Crippen molar-refractivity contribution in [2.75, 3.05) is 26.7 Å². The van der Waals surface area contributed by atoms with Crippen LogP contribution in [-0.2, 0) is 17.8 Å². The molecule has 0 N–H and O–H groups in total. The number of rotatable bonds is 11. The molecule has 0 radical (unpaired) electrons. The molecule has 2 aromatic carbocycles. The van der Waals surface area contributed by atoms with Crippen LogP contribution in [-0.4, -0.2) is 31.6 Å². The Bertz CT molecular complexity index is 856. The summed E-state index contributed by atoms with van der Waals surface area (Å²) >= 11 is 0. The smallest absolute Gasteiger partial charge is 0.119 e. The van der Waals surface area contributed by atoms with Crippen molar-refractivity contribution in [1.29, 1.82) is 5.26 Å². The average molecular weight is 391 g/mol. The molecule has 0 saturated carbocycles. The van der Waals surface area contributed by atoms with Crippen LogP contribution in [0.5, 0.6) is 5.75 Å². The van der Waals surface area contributed by atoms with Gasteiger partial charge in [-0.15, -0.1) is 6.58 Å². The van der Waals surface area contributed by atoms with E-state index in [1.165, 1.54) is 11.1 Å². The van der Waals surface area contributed by atoms with Crippen LogP contribution < -0.4 is 4.74 Å². The summed E-state index contributed by atoms with van der Waals surface area (Å²) in [6, 6.07) is 16.4. The molecule has 3 rings (SSSR count). The summed E-state index contributed by atoms with van der Waals surface area (Å²) < 4.78 is 11.3. The largest absolute Gasteiger partial charge is 0.497 e. The quantitative estimate of drug-likeness (QED) is 0.504. The van der Waals surface area contributed by atoms with Gasteiger partial charge in [-0.2, -0.15) is 5.26 Å². The molecule has 152 valence electrons. The first-order chi connectivity index (χ1) is 14.2. The lowest BCUT2D eigenvalue weighted by atomic mass is 10.00. The maximum atomic E-state index is 9.05. The molecular formula is C25H30N2O2. The number of benzene rings is 2. The Kier molecular flexibility index (Phi) is 7.86. The Morgan fingerprint density at radius 2 is 2.10 bits per heavy atom.